The predicted octanol–water partition coefficient (Wildman–Crippen LogP) is 4.69. The Kier molecular flexibility index (Phi) is 5.38. The first kappa shape index (κ1) is 17.8. The Morgan fingerprint density at radius 2 is 1.83 bits per heavy atom. The Hall–Kier alpha value is -1.51. The molecule has 0 amide bonds. The van der Waals surface area contributed by atoms with Gasteiger partial charge in [0.05, 0.1) is 0 Å². The van der Waals surface area contributed by atoms with Crippen molar-refractivity contribution in [3.05, 3.63) is 34.8 Å². The summed E-state index contributed by atoms with van der Waals surface area (Å²) in [4.78, 5) is 4.25. The third-order valence-corrected chi connectivity index (χ3v) is 5.30. The van der Waals surface area contributed by atoms with Crippen LogP contribution >= 0.6 is 0 Å². The molecule has 0 unspecified atom stereocenters. The van der Waals surface area contributed by atoms with Gasteiger partial charge in [-0.25, -0.2) is 4.99 Å². The van der Waals surface area contributed by atoms with Crippen LogP contribution in [0.2, 0.25) is 0 Å². The Bertz CT molecular complexity index is 539. The minimum Gasteiger partial charge on any atom is -0.382 e. The topological polar surface area (TPSA) is 36.4 Å². The molecule has 2 aliphatic carbocycles. The van der Waals surface area contributed by atoms with E-state index in [1.165, 1.54) is 43.3 Å². The molecule has 0 aliphatic heterocycles. The van der Waals surface area contributed by atoms with E-state index in [9.17, 15) is 0 Å². The lowest BCUT2D eigenvalue weighted by Crippen LogP contribution is -2.40. The van der Waals surface area contributed by atoms with Crippen molar-refractivity contribution in [1.29, 1.82) is 0 Å². The molecule has 2 aliphatic rings. The molecular weight excluding hydrogens is 282 g/mol. The van der Waals surface area contributed by atoms with Crippen molar-refractivity contribution >= 4 is 6.72 Å². The molecule has 2 rings (SSSR count). The van der Waals surface area contributed by atoms with Crippen molar-refractivity contribution in [3.8, 4) is 0 Å². The average Bonchev–Trinajstić information content (AvgIpc) is 3.17. The van der Waals surface area contributed by atoms with Crippen LogP contribution in [0.3, 0.4) is 0 Å². The molecule has 2 saturated carbocycles. The summed E-state index contributed by atoms with van der Waals surface area (Å²) in [5, 5.41) is 7.18. The van der Waals surface area contributed by atoms with Crippen molar-refractivity contribution in [2.24, 2.45) is 10.9 Å². The van der Waals surface area contributed by atoms with E-state index < -0.39 is 0 Å². The van der Waals surface area contributed by atoms with Crippen molar-refractivity contribution in [2.45, 2.75) is 78.3 Å². The van der Waals surface area contributed by atoms with Crippen molar-refractivity contribution in [3.63, 3.8) is 0 Å². The number of hydrogen-bond donors (Lipinski definition) is 2. The second kappa shape index (κ2) is 6.94. The molecule has 2 fully saturated rings. The van der Waals surface area contributed by atoms with E-state index in [1.807, 2.05) is 0 Å². The summed E-state index contributed by atoms with van der Waals surface area (Å²) in [6, 6.07) is 0.573. The fourth-order valence-corrected chi connectivity index (χ4v) is 3.38. The van der Waals surface area contributed by atoms with Gasteiger partial charge in [0.1, 0.15) is 5.82 Å². The van der Waals surface area contributed by atoms with Gasteiger partial charge < -0.3 is 10.6 Å². The van der Waals surface area contributed by atoms with Crippen LogP contribution in [0.5, 0.6) is 0 Å². The van der Waals surface area contributed by atoms with E-state index in [4.69, 9.17) is 0 Å². The van der Waals surface area contributed by atoms with Gasteiger partial charge in [-0.2, -0.15) is 0 Å². The number of hydrogen-bond acceptors (Lipinski definition) is 3. The molecule has 0 atom stereocenters. The zero-order valence-electron chi connectivity index (χ0n) is 15.6. The number of rotatable bonds is 8. The van der Waals surface area contributed by atoms with Crippen LogP contribution in [0, 0.1) is 5.92 Å². The summed E-state index contributed by atoms with van der Waals surface area (Å²) in [6.07, 6.45) is 6.20. The quantitative estimate of drug-likeness (QED) is 0.503. The van der Waals surface area contributed by atoms with Crippen molar-refractivity contribution in [2.75, 3.05) is 0 Å². The van der Waals surface area contributed by atoms with Gasteiger partial charge in [-0.1, -0.05) is 25.5 Å². The standard InChI is InChI=1S/C20H33N3/c1-8-16-11-17(12-16)22-15(5)18(13(2)3)14(4)19(21-7)23-20(6)9-10-20/h16-17,22-23H,5,7-12H2,1-4,6H3/b19-14-. The molecule has 0 spiro atoms. The van der Waals surface area contributed by atoms with Gasteiger partial charge in [0.2, 0.25) is 0 Å². The van der Waals surface area contributed by atoms with E-state index in [-0.39, 0.29) is 5.54 Å². The molecule has 0 aromatic heterocycles. The van der Waals surface area contributed by atoms with Crippen LogP contribution in [0.1, 0.15) is 66.7 Å². The second-order valence-corrected chi connectivity index (χ2v) is 7.76. The third-order valence-electron chi connectivity index (χ3n) is 5.30. The van der Waals surface area contributed by atoms with Crippen LogP contribution in [0.15, 0.2) is 39.8 Å². The maximum atomic E-state index is 4.31. The highest BCUT2D eigenvalue weighted by atomic mass is 15.1. The van der Waals surface area contributed by atoms with Crippen LogP contribution < -0.4 is 10.6 Å². The highest BCUT2D eigenvalue weighted by molar-refractivity contribution is 5.49. The van der Waals surface area contributed by atoms with Crippen LogP contribution in [0.25, 0.3) is 0 Å². The smallest absolute Gasteiger partial charge is 0.129 e. The number of nitrogens with one attached hydrogen (secondary N) is 2. The summed E-state index contributed by atoms with van der Waals surface area (Å²) in [7, 11) is 0. The molecule has 0 radical (unpaired) electrons. The van der Waals surface area contributed by atoms with Gasteiger partial charge >= 0.3 is 0 Å². The van der Waals surface area contributed by atoms with E-state index in [0.29, 0.717) is 6.04 Å². The van der Waals surface area contributed by atoms with Crippen molar-refractivity contribution in [1.82, 2.24) is 10.6 Å². The maximum Gasteiger partial charge on any atom is 0.129 e. The van der Waals surface area contributed by atoms with Gasteiger partial charge in [0, 0.05) is 28.4 Å². The largest absolute Gasteiger partial charge is 0.382 e. The Morgan fingerprint density at radius 1 is 1.22 bits per heavy atom. The lowest BCUT2D eigenvalue weighted by Gasteiger charge is -2.37. The second-order valence-electron chi connectivity index (χ2n) is 7.76. The zero-order valence-corrected chi connectivity index (χ0v) is 15.6. The molecule has 0 saturated heterocycles. The van der Waals surface area contributed by atoms with Gasteiger partial charge in [-0.3, -0.25) is 0 Å². The first-order valence-electron chi connectivity index (χ1n) is 8.89. The molecule has 0 aromatic carbocycles. The molecule has 2 N–H and O–H groups in total. The minimum absolute atomic E-state index is 0.196. The molecule has 0 heterocycles. The van der Waals surface area contributed by atoms with E-state index in [1.54, 1.807) is 0 Å². The maximum absolute atomic E-state index is 4.31. The average molecular weight is 316 g/mol. The number of allylic oxidation sites excluding steroid dienone is 2. The fraction of sp³-hybridized carbons (Fsp3) is 0.650. The van der Waals surface area contributed by atoms with Crippen molar-refractivity contribution < 1.29 is 0 Å². The normalized spacial score (nSPS) is 25.6. The summed E-state index contributed by atoms with van der Waals surface area (Å²) >= 11 is 0. The van der Waals surface area contributed by atoms with Gasteiger partial charge in [-0.15, -0.1) is 0 Å². The van der Waals surface area contributed by atoms with E-state index >= 15 is 0 Å². The minimum atomic E-state index is 0.196. The molecule has 3 heteroatoms. The number of nitrogens with zero attached hydrogens (tertiary/aromatic N) is 1. The predicted molar refractivity (Wildman–Crippen MR) is 100 cm³/mol. The lowest BCUT2D eigenvalue weighted by molar-refractivity contribution is 0.230. The first-order valence-corrected chi connectivity index (χ1v) is 8.89. The lowest BCUT2D eigenvalue weighted by atomic mass is 9.78. The molecule has 0 aromatic rings. The highest BCUT2D eigenvalue weighted by Crippen LogP contribution is 2.37. The summed E-state index contributed by atoms with van der Waals surface area (Å²) < 4.78 is 0. The molecule has 128 valence electrons. The molecular formula is C20H33N3. The van der Waals surface area contributed by atoms with Gasteiger partial charge in [0.25, 0.3) is 0 Å². The van der Waals surface area contributed by atoms with Gasteiger partial charge in [0.15, 0.2) is 0 Å². The molecule has 0 bridgehead atoms. The van der Waals surface area contributed by atoms with Gasteiger partial charge in [-0.05, 0) is 66.0 Å². The fourth-order valence-electron chi connectivity index (χ4n) is 3.38. The monoisotopic (exact) mass is 315 g/mol. The Morgan fingerprint density at radius 3 is 2.26 bits per heavy atom. The van der Waals surface area contributed by atoms with Crippen LogP contribution in [-0.4, -0.2) is 18.3 Å². The Labute approximate surface area is 142 Å². The Balaban J connectivity index is 2.12. The summed E-state index contributed by atoms with van der Waals surface area (Å²) in [6.45, 7) is 19.0. The number of aliphatic imine (C=N–C) groups is 1. The molecule has 3 nitrogen and oxygen atoms in total. The summed E-state index contributed by atoms with van der Waals surface area (Å²) in [5.74, 6) is 1.78. The first-order chi connectivity index (χ1) is 10.8. The summed E-state index contributed by atoms with van der Waals surface area (Å²) in [5.41, 5.74) is 4.80. The molecule has 23 heavy (non-hydrogen) atoms. The van der Waals surface area contributed by atoms with E-state index in [0.717, 1.165) is 23.0 Å². The third kappa shape index (κ3) is 4.27. The highest BCUT2D eigenvalue weighted by Gasteiger charge is 2.38. The SMILES string of the molecule is C=N/C(NC1(C)CC1)=C(\C)C(C(=C)NC1CC(CC)C1)=C(C)C. The van der Waals surface area contributed by atoms with E-state index in [2.05, 4.69) is 63.5 Å². The van der Waals surface area contributed by atoms with Crippen LogP contribution in [-0.2, 0) is 0 Å². The van der Waals surface area contributed by atoms with Crippen LogP contribution in [0.4, 0.5) is 0 Å². The zero-order chi connectivity index (χ0) is 17.2.